The number of rotatable bonds is 11. The molecule has 0 aliphatic carbocycles. The van der Waals surface area contributed by atoms with Crippen LogP contribution in [0, 0.1) is 6.92 Å². The molecule has 2 heterocycles. The Morgan fingerprint density at radius 1 is 1.10 bits per heavy atom. The molecule has 11 nitrogen and oxygen atoms in total. The Hall–Kier alpha value is -3.94. The smallest absolute Gasteiger partial charge is 0.349 e. The van der Waals surface area contributed by atoms with Crippen molar-refractivity contribution < 1.29 is 37.8 Å². The normalized spacial score (nSPS) is 13.9. The van der Waals surface area contributed by atoms with Crippen LogP contribution in [0.4, 0.5) is 11.4 Å². The van der Waals surface area contributed by atoms with Gasteiger partial charge in [-0.05, 0) is 62.2 Å². The van der Waals surface area contributed by atoms with Crippen LogP contribution in [0.25, 0.3) is 10.4 Å². The van der Waals surface area contributed by atoms with Gasteiger partial charge in [0.1, 0.15) is 5.75 Å². The van der Waals surface area contributed by atoms with E-state index < -0.39 is 28.6 Å². The van der Waals surface area contributed by atoms with E-state index in [9.17, 15) is 27.9 Å². The van der Waals surface area contributed by atoms with E-state index in [-0.39, 0.29) is 28.3 Å². The van der Waals surface area contributed by atoms with Gasteiger partial charge < -0.3 is 25.6 Å². The lowest BCUT2D eigenvalue weighted by molar-refractivity contribution is -0.139. The molecule has 1 aliphatic heterocycles. The van der Waals surface area contributed by atoms with Gasteiger partial charge in [0.05, 0.1) is 11.4 Å². The molecule has 3 aromatic rings. The first-order chi connectivity index (χ1) is 19.5. The van der Waals surface area contributed by atoms with Crippen molar-refractivity contribution in [1.29, 1.82) is 0 Å². The van der Waals surface area contributed by atoms with E-state index in [4.69, 9.17) is 9.84 Å². The average molecular weight is 602 g/mol. The van der Waals surface area contributed by atoms with E-state index in [1.165, 1.54) is 11.2 Å². The third-order valence-electron chi connectivity index (χ3n) is 6.59. The molecule has 13 heteroatoms. The molecular weight excluding hydrogens is 570 g/mol. The predicted octanol–water partition coefficient (Wildman–Crippen LogP) is 3.93. The van der Waals surface area contributed by atoms with Crippen molar-refractivity contribution in [2.45, 2.75) is 38.5 Å². The molecule has 1 aliphatic rings. The summed E-state index contributed by atoms with van der Waals surface area (Å²) in [4.78, 5) is 35.1. The van der Waals surface area contributed by atoms with Crippen LogP contribution in [0.2, 0.25) is 0 Å². The van der Waals surface area contributed by atoms with Crippen LogP contribution < -0.4 is 19.7 Å². The Kier molecular flexibility index (Phi) is 9.31. The minimum absolute atomic E-state index is 0.0253. The van der Waals surface area contributed by atoms with Crippen molar-refractivity contribution >= 4 is 50.6 Å². The molecule has 1 saturated heterocycles. The van der Waals surface area contributed by atoms with E-state index in [1.54, 1.807) is 55.5 Å². The molecule has 1 amide bonds. The predicted molar refractivity (Wildman–Crippen MR) is 156 cm³/mol. The highest BCUT2D eigenvalue weighted by Gasteiger charge is 2.33. The van der Waals surface area contributed by atoms with Crippen LogP contribution in [0.5, 0.6) is 5.75 Å². The number of aromatic carboxylic acids is 1. The summed E-state index contributed by atoms with van der Waals surface area (Å²) in [5.74, 6) is -3.17. The zero-order chi connectivity index (χ0) is 29.7. The molecule has 0 spiro atoms. The molecule has 2 aromatic carbocycles. The zero-order valence-electron chi connectivity index (χ0n) is 22.5. The van der Waals surface area contributed by atoms with Crippen LogP contribution in [-0.2, 0) is 25.4 Å². The van der Waals surface area contributed by atoms with Crippen molar-refractivity contribution in [2.75, 3.05) is 29.3 Å². The van der Waals surface area contributed by atoms with Crippen molar-refractivity contribution in [2.24, 2.45) is 0 Å². The fourth-order valence-corrected chi connectivity index (χ4v) is 7.84. The van der Waals surface area contributed by atoms with Gasteiger partial charge in [0.2, 0.25) is 15.9 Å². The van der Waals surface area contributed by atoms with Crippen LogP contribution in [0.3, 0.4) is 0 Å². The van der Waals surface area contributed by atoms with Gasteiger partial charge in [-0.2, -0.15) is 0 Å². The third-order valence-corrected chi connectivity index (χ3v) is 9.69. The number of nitrogens with zero attached hydrogens (tertiary/aromatic N) is 1. The number of aliphatic carboxylic acids is 1. The number of piperidine rings is 1. The number of hydrogen-bond acceptors (Lipinski definition) is 8. The first-order valence-electron chi connectivity index (χ1n) is 12.9. The monoisotopic (exact) mass is 601 g/mol. The molecule has 4 rings (SSSR count). The highest BCUT2D eigenvalue weighted by molar-refractivity contribution is 7.92. The van der Waals surface area contributed by atoms with Crippen LogP contribution in [0.15, 0.2) is 48.5 Å². The second-order valence-electron chi connectivity index (χ2n) is 9.62. The number of benzene rings is 2. The number of carbonyl (C=O) groups is 3. The van der Waals surface area contributed by atoms with Gasteiger partial charge in [-0.15, -0.1) is 11.3 Å². The molecule has 1 aromatic heterocycles. The maximum atomic E-state index is 14.1. The lowest BCUT2D eigenvalue weighted by Crippen LogP contribution is -2.46. The summed E-state index contributed by atoms with van der Waals surface area (Å²) in [5, 5.41) is 24.7. The van der Waals surface area contributed by atoms with Crippen molar-refractivity contribution in [3.05, 3.63) is 64.5 Å². The summed E-state index contributed by atoms with van der Waals surface area (Å²) in [7, 11) is -3.96. The largest absolute Gasteiger partial charge is 0.480 e. The number of hydrogen-bond donors (Lipinski definition) is 4. The first-order valence-corrected chi connectivity index (χ1v) is 15.3. The number of nitrogens with one attached hydrogen (secondary N) is 2. The fraction of sp³-hybridized carbons (Fsp3) is 0.321. The van der Waals surface area contributed by atoms with Crippen LogP contribution in [0.1, 0.15) is 40.6 Å². The van der Waals surface area contributed by atoms with Crippen molar-refractivity contribution in [3.63, 3.8) is 0 Å². The molecule has 0 saturated carbocycles. The summed E-state index contributed by atoms with van der Waals surface area (Å²) < 4.78 is 34.9. The van der Waals surface area contributed by atoms with Gasteiger partial charge in [0, 0.05) is 29.1 Å². The summed E-state index contributed by atoms with van der Waals surface area (Å²) in [6.07, 6.45) is 1.18. The van der Waals surface area contributed by atoms with E-state index >= 15 is 0 Å². The molecule has 0 unspecified atom stereocenters. The average Bonchev–Trinajstić information content (AvgIpc) is 3.25. The van der Waals surface area contributed by atoms with E-state index in [1.807, 2.05) is 0 Å². The van der Waals surface area contributed by atoms with Gasteiger partial charge >= 0.3 is 11.9 Å². The molecule has 1 fully saturated rings. The number of thiophene rings is 1. The van der Waals surface area contributed by atoms with Crippen molar-refractivity contribution in [1.82, 2.24) is 5.32 Å². The number of anilines is 2. The molecule has 0 atom stereocenters. The first kappa shape index (κ1) is 30.0. The Bertz CT molecular complexity index is 1560. The van der Waals surface area contributed by atoms with Gasteiger partial charge in [-0.25, -0.2) is 18.0 Å². The number of carboxylic acid groups (broad SMARTS) is 2. The number of para-hydroxylation sites is 1. The number of carbonyl (C=O) groups excluding carboxylic acids is 1. The molecule has 0 bridgehead atoms. The topological polar surface area (TPSA) is 162 Å². The number of ether oxygens (including phenoxy) is 1. The zero-order valence-corrected chi connectivity index (χ0v) is 24.2. The number of sulfonamides is 1. The Morgan fingerprint density at radius 2 is 1.80 bits per heavy atom. The van der Waals surface area contributed by atoms with Gasteiger partial charge in [-0.3, -0.25) is 9.10 Å². The standard InChI is InChI=1S/C28H31N3O8S2/c1-17-25(39-15-24(33)34)27(28(35)36)40-26(17)19-7-5-8-22(14-19)31(21-10-12-29-13-11-21)41(37,38)16-20-6-3-4-9-23(20)30-18(2)32/h3-9,14,21,29H,10-13,15-16H2,1-2H3,(H,30,32)(H,33,34)(H,35,36). The molecule has 4 N–H and O–H groups in total. The van der Waals surface area contributed by atoms with Gasteiger partial charge in [0.25, 0.3) is 0 Å². The molecule has 41 heavy (non-hydrogen) atoms. The Labute approximate surface area is 241 Å². The maximum absolute atomic E-state index is 14.1. The third kappa shape index (κ3) is 7.04. The van der Waals surface area contributed by atoms with Gasteiger partial charge in [-0.1, -0.05) is 30.3 Å². The quantitative estimate of drug-likeness (QED) is 0.255. The second-order valence-corrected chi connectivity index (χ2v) is 12.5. The van der Waals surface area contributed by atoms with Gasteiger partial charge in [0.15, 0.2) is 11.5 Å². The minimum atomic E-state index is -3.96. The minimum Gasteiger partial charge on any atom is -0.480 e. The number of carboxylic acids is 2. The summed E-state index contributed by atoms with van der Waals surface area (Å²) in [6.45, 7) is 3.60. The highest BCUT2D eigenvalue weighted by Crippen LogP contribution is 2.43. The summed E-state index contributed by atoms with van der Waals surface area (Å²) >= 11 is 0.937. The molecule has 0 radical (unpaired) electrons. The van der Waals surface area contributed by atoms with E-state index in [2.05, 4.69) is 10.6 Å². The lowest BCUT2D eigenvalue weighted by atomic mass is 10.0. The van der Waals surface area contributed by atoms with E-state index in [0.717, 1.165) is 11.3 Å². The SMILES string of the molecule is CC(=O)Nc1ccccc1CS(=O)(=O)N(c1cccc(-c2sc(C(=O)O)c(OCC(=O)O)c2C)c1)C1CCNCC1. The summed E-state index contributed by atoms with van der Waals surface area (Å²) in [5.41, 5.74) is 2.32. The van der Waals surface area contributed by atoms with E-state index in [0.29, 0.717) is 58.9 Å². The highest BCUT2D eigenvalue weighted by atomic mass is 32.2. The fourth-order valence-electron chi connectivity index (χ4n) is 4.87. The lowest BCUT2D eigenvalue weighted by Gasteiger charge is -2.36. The maximum Gasteiger partial charge on any atom is 0.349 e. The van der Waals surface area contributed by atoms with Crippen LogP contribution >= 0.6 is 11.3 Å². The molecular formula is C28H31N3O8S2. The Morgan fingerprint density at radius 3 is 2.46 bits per heavy atom. The van der Waals surface area contributed by atoms with Crippen LogP contribution in [-0.4, -0.2) is 62.2 Å². The second kappa shape index (κ2) is 12.7. The van der Waals surface area contributed by atoms with Crippen molar-refractivity contribution in [3.8, 4) is 16.2 Å². The number of amides is 1. The Balaban J connectivity index is 1.77. The molecule has 218 valence electrons. The summed E-state index contributed by atoms with van der Waals surface area (Å²) in [6, 6.07) is 13.3.